The van der Waals surface area contributed by atoms with E-state index in [4.69, 9.17) is 5.73 Å². The van der Waals surface area contributed by atoms with Crippen LogP contribution in [0.2, 0.25) is 0 Å². The number of benzene rings is 1. The Hall–Kier alpha value is -3.03. The summed E-state index contributed by atoms with van der Waals surface area (Å²) in [5, 5.41) is 10.2. The second-order valence-electron chi connectivity index (χ2n) is 6.84. The molecule has 164 valence electrons. The molecule has 0 saturated carbocycles. The van der Waals surface area contributed by atoms with Crippen LogP contribution >= 0.6 is 11.3 Å². The van der Waals surface area contributed by atoms with E-state index < -0.39 is 23.2 Å². The third-order valence-corrected chi connectivity index (χ3v) is 5.61. The number of anilines is 2. The first-order valence-corrected chi connectivity index (χ1v) is 10.2. The third-order valence-electron chi connectivity index (χ3n) is 4.65. The highest BCUT2D eigenvalue weighted by atomic mass is 32.1. The maximum atomic E-state index is 13.4. The fourth-order valence-corrected chi connectivity index (χ4v) is 4.12. The van der Waals surface area contributed by atoms with Crippen molar-refractivity contribution in [3.8, 4) is 10.6 Å². The average molecular weight is 453 g/mol. The number of halogens is 3. The maximum Gasteiger partial charge on any atom is 0.416 e. The molecule has 4 rings (SSSR count). The Labute approximate surface area is 177 Å². The number of hydrogen-bond acceptors (Lipinski definition) is 8. The van der Waals surface area contributed by atoms with E-state index in [1.807, 2.05) is 4.90 Å². The lowest BCUT2D eigenvalue weighted by Crippen LogP contribution is -2.44. The summed E-state index contributed by atoms with van der Waals surface area (Å²) >= 11 is 0.989. The van der Waals surface area contributed by atoms with Gasteiger partial charge < -0.3 is 21.3 Å². The van der Waals surface area contributed by atoms with Crippen molar-refractivity contribution in [3.63, 3.8) is 0 Å². The average Bonchev–Trinajstić information content (AvgIpc) is 3.17. The minimum Gasteiger partial charge on any atom is -0.354 e. The number of carbonyl (C=O) groups is 1. The van der Waals surface area contributed by atoms with Crippen LogP contribution in [0.3, 0.4) is 0 Å². The maximum absolute atomic E-state index is 13.4. The third kappa shape index (κ3) is 4.52. The van der Waals surface area contributed by atoms with Gasteiger partial charge in [0, 0.05) is 43.5 Å². The van der Waals surface area contributed by atoms with Crippen LogP contribution < -0.4 is 26.8 Å². The number of alkyl halides is 3. The summed E-state index contributed by atoms with van der Waals surface area (Å²) in [5.74, 6) is -0.0924. The molecule has 31 heavy (non-hydrogen) atoms. The zero-order valence-corrected chi connectivity index (χ0v) is 16.9. The van der Waals surface area contributed by atoms with Crippen LogP contribution in [-0.2, 0) is 11.0 Å². The van der Waals surface area contributed by atoms with Crippen molar-refractivity contribution in [2.75, 3.05) is 42.9 Å². The van der Waals surface area contributed by atoms with Gasteiger partial charge in [0.15, 0.2) is 0 Å². The van der Waals surface area contributed by atoms with Crippen molar-refractivity contribution in [2.24, 2.45) is 5.73 Å². The van der Waals surface area contributed by atoms with Crippen LogP contribution in [0.25, 0.3) is 15.5 Å². The van der Waals surface area contributed by atoms with Gasteiger partial charge in [-0.15, -0.1) is 0 Å². The second kappa shape index (κ2) is 8.24. The highest BCUT2D eigenvalue weighted by Gasteiger charge is 2.32. The lowest BCUT2D eigenvalue weighted by atomic mass is 10.1. The molecule has 2 aromatic heterocycles. The molecule has 0 atom stereocenters. The van der Waals surface area contributed by atoms with Gasteiger partial charge in [-0.2, -0.15) is 27.8 Å². The van der Waals surface area contributed by atoms with Crippen LogP contribution in [0.4, 0.5) is 24.7 Å². The lowest BCUT2D eigenvalue weighted by Gasteiger charge is -2.28. The van der Waals surface area contributed by atoms with Gasteiger partial charge in [-0.3, -0.25) is 9.59 Å². The molecule has 0 radical (unpaired) electrons. The summed E-state index contributed by atoms with van der Waals surface area (Å²) in [6, 6.07) is 4.52. The van der Waals surface area contributed by atoms with Gasteiger partial charge in [0.05, 0.1) is 12.1 Å². The van der Waals surface area contributed by atoms with E-state index in [-0.39, 0.29) is 27.8 Å². The number of hydrogen-bond donors (Lipinski definition) is 3. The van der Waals surface area contributed by atoms with Crippen molar-refractivity contribution in [2.45, 2.75) is 6.18 Å². The highest BCUT2D eigenvalue weighted by Crippen LogP contribution is 2.36. The van der Waals surface area contributed by atoms with Gasteiger partial charge in [0.2, 0.25) is 10.9 Å². The molecule has 1 amide bonds. The summed E-state index contributed by atoms with van der Waals surface area (Å²) in [4.78, 5) is 29.9. The van der Waals surface area contributed by atoms with E-state index in [0.29, 0.717) is 18.9 Å². The fraction of sp³-hybridized carbons (Fsp3) is 0.333. The molecule has 13 heteroatoms. The minimum atomic E-state index is -4.63. The summed E-state index contributed by atoms with van der Waals surface area (Å²) in [6.45, 7) is 2.39. The zero-order chi connectivity index (χ0) is 22.2. The van der Waals surface area contributed by atoms with Crippen LogP contribution in [0, 0.1) is 0 Å². The highest BCUT2D eigenvalue weighted by molar-refractivity contribution is 7.19. The van der Waals surface area contributed by atoms with Crippen LogP contribution in [-0.4, -0.2) is 53.2 Å². The largest absolute Gasteiger partial charge is 0.416 e. The molecule has 3 aromatic rings. The quantitative estimate of drug-likeness (QED) is 0.542. The van der Waals surface area contributed by atoms with Gasteiger partial charge in [-0.1, -0.05) is 11.3 Å². The predicted molar refractivity (Wildman–Crippen MR) is 110 cm³/mol. The zero-order valence-electron chi connectivity index (χ0n) is 16.1. The van der Waals surface area contributed by atoms with Gasteiger partial charge in [0.1, 0.15) is 10.8 Å². The number of carbonyl (C=O) groups excluding carboxylic acids is 1. The number of rotatable bonds is 4. The van der Waals surface area contributed by atoms with Crippen LogP contribution in [0.1, 0.15) is 5.56 Å². The number of fused-ring (bicyclic) bond motifs is 1. The Morgan fingerprint density at radius 1 is 1.23 bits per heavy atom. The standard InChI is InChI=1S/C18H18F3N7O2S/c19-18(20,21)11-5-10(6-12(7-11)24-14(30)9-22)16-26-28-15(27-3-1-23-2-4-27)8-13(29)25-17(28)31-16/h5-8,23H,1-4,9,22H2,(H,24,30). The molecule has 0 unspecified atom stereocenters. The topological polar surface area (TPSA) is 118 Å². The van der Waals surface area contributed by atoms with E-state index in [1.165, 1.54) is 16.6 Å². The summed E-state index contributed by atoms with van der Waals surface area (Å²) in [6.07, 6.45) is -4.63. The Morgan fingerprint density at radius 2 is 1.97 bits per heavy atom. The number of nitrogens with zero attached hydrogens (tertiary/aromatic N) is 4. The molecule has 9 nitrogen and oxygen atoms in total. The van der Waals surface area contributed by atoms with E-state index in [2.05, 4.69) is 20.7 Å². The molecule has 1 aliphatic rings. The van der Waals surface area contributed by atoms with E-state index in [9.17, 15) is 22.8 Å². The molecule has 1 saturated heterocycles. The molecule has 1 fully saturated rings. The monoisotopic (exact) mass is 453 g/mol. The number of piperazine rings is 1. The first-order chi connectivity index (χ1) is 14.7. The van der Waals surface area contributed by atoms with Crippen LogP contribution in [0.15, 0.2) is 29.1 Å². The SMILES string of the molecule is NCC(=O)Nc1cc(-c2nn3c(N4CCNCC4)cc(=O)nc3s2)cc(C(F)(F)F)c1. The number of aromatic nitrogens is 3. The molecule has 0 aliphatic carbocycles. The molecular formula is C18H18F3N7O2S. The Bertz CT molecular complexity index is 1190. The van der Waals surface area contributed by atoms with Crippen molar-refractivity contribution < 1.29 is 18.0 Å². The van der Waals surface area contributed by atoms with Crippen LogP contribution in [0.5, 0.6) is 0 Å². The van der Waals surface area contributed by atoms with Crippen molar-refractivity contribution in [3.05, 3.63) is 40.2 Å². The van der Waals surface area contributed by atoms with Gasteiger partial charge >= 0.3 is 6.18 Å². The molecule has 0 spiro atoms. The van der Waals surface area contributed by atoms with E-state index in [0.717, 1.165) is 36.6 Å². The molecule has 0 bridgehead atoms. The Kier molecular flexibility index (Phi) is 5.64. The summed E-state index contributed by atoms with van der Waals surface area (Å²) < 4.78 is 41.7. The first kappa shape index (κ1) is 21.2. The Morgan fingerprint density at radius 3 is 2.65 bits per heavy atom. The van der Waals surface area contributed by atoms with Gasteiger partial charge in [0.25, 0.3) is 5.56 Å². The van der Waals surface area contributed by atoms with Gasteiger partial charge in [-0.25, -0.2) is 0 Å². The fourth-order valence-electron chi connectivity index (χ4n) is 3.24. The molecular weight excluding hydrogens is 435 g/mol. The van der Waals surface area contributed by atoms with Crippen molar-refractivity contribution >= 4 is 33.7 Å². The molecule has 1 aliphatic heterocycles. The molecule has 3 heterocycles. The molecule has 1 aromatic carbocycles. The normalized spacial score (nSPS) is 14.8. The molecule has 4 N–H and O–H groups in total. The summed E-state index contributed by atoms with van der Waals surface area (Å²) in [7, 11) is 0. The van der Waals surface area contributed by atoms with E-state index >= 15 is 0 Å². The number of nitrogens with two attached hydrogens (primary N) is 1. The Balaban J connectivity index is 1.83. The first-order valence-electron chi connectivity index (χ1n) is 9.34. The van der Waals surface area contributed by atoms with Crippen molar-refractivity contribution in [1.29, 1.82) is 0 Å². The number of amides is 1. The van der Waals surface area contributed by atoms with Gasteiger partial charge in [-0.05, 0) is 18.2 Å². The van der Waals surface area contributed by atoms with Crippen molar-refractivity contribution in [1.82, 2.24) is 19.9 Å². The summed E-state index contributed by atoms with van der Waals surface area (Å²) in [5.41, 5.74) is 3.94. The lowest BCUT2D eigenvalue weighted by molar-refractivity contribution is -0.137. The number of nitrogens with one attached hydrogen (secondary N) is 2. The minimum absolute atomic E-state index is 0.0515. The van der Waals surface area contributed by atoms with E-state index in [1.54, 1.807) is 0 Å². The second-order valence-corrected chi connectivity index (χ2v) is 7.80. The predicted octanol–water partition coefficient (Wildman–Crippen LogP) is 1.14. The smallest absolute Gasteiger partial charge is 0.354 e.